The summed E-state index contributed by atoms with van der Waals surface area (Å²) in [5.74, 6) is -0.0949. The minimum Gasteiger partial charge on any atom is -0.399 e. The predicted molar refractivity (Wildman–Crippen MR) is 118 cm³/mol. The monoisotopic (exact) mass is 462 g/mol. The van der Waals surface area contributed by atoms with E-state index in [0.717, 1.165) is 0 Å². The Morgan fingerprint density at radius 2 is 1.83 bits per heavy atom. The van der Waals surface area contributed by atoms with Crippen LogP contribution in [0.4, 0.5) is 11.5 Å². The molecule has 2 aromatic heterocycles. The minimum atomic E-state index is -0.412. The van der Waals surface area contributed by atoms with E-state index < -0.39 is 11.5 Å². The van der Waals surface area contributed by atoms with Gasteiger partial charge in [0.2, 0.25) is 0 Å². The third kappa shape index (κ3) is 3.80. The molecule has 30 heavy (non-hydrogen) atoms. The lowest BCUT2D eigenvalue weighted by atomic mass is 10.2. The van der Waals surface area contributed by atoms with Gasteiger partial charge in [0, 0.05) is 22.3 Å². The first-order valence-electron chi connectivity index (χ1n) is 8.51. The molecule has 0 spiro atoms. The van der Waals surface area contributed by atoms with Crippen molar-refractivity contribution in [3.63, 3.8) is 0 Å². The molecule has 0 atom stereocenters. The van der Waals surface area contributed by atoms with Gasteiger partial charge in [0.25, 0.3) is 11.5 Å². The highest BCUT2D eigenvalue weighted by Crippen LogP contribution is 2.32. The van der Waals surface area contributed by atoms with Crippen molar-refractivity contribution in [2.75, 3.05) is 11.1 Å². The fourth-order valence-corrected chi connectivity index (χ4v) is 3.89. The van der Waals surface area contributed by atoms with E-state index >= 15 is 0 Å². The van der Waals surface area contributed by atoms with E-state index in [0.29, 0.717) is 33.3 Å². The summed E-state index contributed by atoms with van der Waals surface area (Å²) < 4.78 is 1.19. The van der Waals surface area contributed by atoms with Crippen molar-refractivity contribution < 1.29 is 4.79 Å². The van der Waals surface area contributed by atoms with Crippen LogP contribution in [0.15, 0.2) is 53.5 Å². The number of nitrogens with one attached hydrogen (secondary N) is 3. The number of halogens is 3. The molecular formula is C19H13Cl3N6O2. The number of hydrogen-bond donors (Lipinski definition) is 4. The van der Waals surface area contributed by atoms with Gasteiger partial charge in [0.1, 0.15) is 11.5 Å². The Bertz CT molecular complexity index is 1300. The Balaban J connectivity index is 1.70. The minimum absolute atomic E-state index is 0.199. The van der Waals surface area contributed by atoms with Gasteiger partial charge in [0.15, 0.2) is 0 Å². The summed E-state index contributed by atoms with van der Waals surface area (Å²) in [6.07, 6.45) is 1.47. The van der Waals surface area contributed by atoms with Gasteiger partial charge >= 0.3 is 0 Å². The summed E-state index contributed by atoms with van der Waals surface area (Å²) >= 11 is 18.4. The van der Waals surface area contributed by atoms with Crippen LogP contribution in [0.2, 0.25) is 15.1 Å². The van der Waals surface area contributed by atoms with Crippen molar-refractivity contribution in [2.45, 2.75) is 0 Å². The summed E-state index contributed by atoms with van der Waals surface area (Å²) in [5.41, 5.74) is 7.26. The van der Waals surface area contributed by atoms with Crippen molar-refractivity contribution in [1.82, 2.24) is 20.0 Å². The summed E-state index contributed by atoms with van der Waals surface area (Å²) in [6.45, 7) is 0. The van der Waals surface area contributed by atoms with Gasteiger partial charge < -0.3 is 11.1 Å². The molecule has 0 aliphatic carbocycles. The molecule has 1 amide bonds. The molecule has 0 aliphatic heterocycles. The molecule has 0 aliphatic rings. The van der Waals surface area contributed by atoms with Gasteiger partial charge in [-0.1, -0.05) is 40.9 Å². The molecule has 11 heteroatoms. The molecule has 2 aromatic carbocycles. The van der Waals surface area contributed by atoms with Gasteiger partial charge in [-0.25, -0.2) is 4.68 Å². The smallest absolute Gasteiger partial charge is 0.271 e. The Morgan fingerprint density at radius 3 is 2.53 bits per heavy atom. The maximum Gasteiger partial charge on any atom is 0.271 e. The zero-order valence-corrected chi connectivity index (χ0v) is 17.3. The molecule has 152 valence electrons. The SMILES string of the molecule is Nc1cccc(C(=O)Nc2[nH]ncc2-c2cc(=O)n(-c3c(Cl)cc(Cl)cc3Cl)[nH]2)c1. The first-order chi connectivity index (χ1) is 14.3. The van der Waals surface area contributed by atoms with E-state index in [9.17, 15) is 9.59 Å². The number of rotatable bonds is 4. The number of anilines is 2. The van der Waals surface area contributed by atoms with Crippen LogP contribution in [-0.2, 0) is 0 Å². The summed E-state index contributed by atoms with van der Waals surface area (Å²) in [5, 5.41) is 13.0. The average molecular weight is 464 g/mol. The topological polar surface area (TPSA) is 122 Å². The molecule has 2 heterocycles. The first kappa shape index (κ1) is 20.1. The molecule has 0 saturated heterocycles. The number of carbonyl (C=O) groups is 1. The quantitative estimate of drug-likeness (QED) is 0.336. The normalized spacial score (nSPS) is 10.9. The highest BCUT2D eigenvalue weighted by atomic mass is 35.5. The van der Waals surface area contributed by atoms with Crippen molar-refractivity contribution in [2.24, 2.45) is 0 Å². The lowest BCUT2D eigenvalue weighted by Crippen LogP contribution is -2.14. The van der Waals surface area contributed by atoms with Crippen LogP contribution < -0.4 is 16.6 Å². The third-order valence-electron chi connectivity index (χ3n) is 4.24. The van der Waals surface area contributed by atoms with E-state index in [2.05, 4.69) is 20.6 Å². The second-order valence-electron chi connectivity index (χ2n) is 6.30. The number of nitrogens with zero attached hydrogens (tertiary/aromatic N) is 2. The van der Waals surface area contributed by atoms with Crippen molar-refractivity contribution in [1.29, 1.82) is 0 Å². The number of aromatic nitrogens is 4. The Morgan fingerprint density at radius 1 is 1.10 bits per heavy atom. The Hall–Kier alpha value is -3.20. The van der Waals surface area contributed by atoms with Crippen LogP contribution in [0, 0.1) is 0 Å². The second kappa shape index (κ2) is 7.91. The highest BCUT2D eigenvalue weighted by Gasteiger charge is 2.18. The van der Waals surface area contributed by atoms with Gasteiger partial charge in [-0.05, 0) is 30.3 Å². The van der Waals surface area contributed by atoms with E-state index in [-0.39, 0.29) is 15.7 Å². The van der Waals surface area contributed by atoms with E-state index in [4.69, 9.17) is 40.5 Å². The van der Waals surface area contributed by atoms with Crippen LogP contribution in [0.25, 0.3) is 16.9 Å². The number of H-pyrrole nitrogens is 2. The van der Waals surface area contributed by atoms with Gasteiger partial charge in [0.05, 0.1) is 27.5 Å². The first-order valence-corrected chi connectivity index (χ1v) is 9.64. The maximum absolute atomic E-state index is 12.6. The zero-order chi connectivity index (χ0) is 21.4. The number of nitrogen functional groups attached to an aromatic ring is 1. The number of hydrogen-bond acceptors (Lipinski definition) is 4. The van der Waals surface area contributed by atoms with Crippen molar-refractivity contribution in [3.05, 3.63) is 79.6 Å². The van der Waals surface area contributed by atoms with Crippen LogP contribution in [0.3, 0.4) is 0 Å². The molecular weight excluding hydrogens is 451 g/mol. The highest BCUT2D eigenvalue weighted by molar-refractivity contribution is 6.40. The van der Waals surface area contributed by atoms with Crippen LogP contribution in [0.5, 0.6) is 0 Å². The molecule has 0 unspecified atom stereocenters. The Labute approximate surface area is 184 Å². The maximum atomic E-state index is 12.6. The number of aromatic amines is 2. The van der Waals surface area contributed by atoms with Crippen molar-refractivity contribution in [3.8, 4) is 16.9 Å². The summed E-state index contributed by atoms with van der Waals surface area (Å²) in [7, 11) is 0. The van der Waals surface area contributed by atoms with E-state index in [1.807, 2.05) is 0 Å². The number of benzene rings is 2. The summed E-state index contributed by atoms with van der Waals surface area (Å²) in [4.78, 5) is 25.1. The fourth-order valence-electron chi connectivity index (χ4n) is 2.90. The summed E-state index contributed by atoms with van der Waals surface area (Å²) in [6, 6.07) is 10.8. The van der Waals surface area contributed by atoms with Crippen LogP contribution in [-0.4, -0.2) is 25.9 Å². The molecule has 4 aromatic rings. The lowest BCUT2D eigenvalue weighted by molar-refractivity contribution is 0.102. The fraction of sp³-hybridized carbons (Fsp3) is 0. The largest absolute Gasteiger partial charge is 0.399 e. The number of amides is 1. The van der Waals surface area contributed by atoms with Gasteiger partial charge in [-0.2, -0.15) is 5.10 Å². The van der Waals surface area contributed by atoms with E-state index in [1.54, 1.807) is 24.3 Å². The van der Waals surface area contributed by atoms with Crippen LogP contribution >= 0.6 is 34.8 Å². The zero-order valence-electron chi connectivity index (χ0n) is 15.0. The molecule has 8 nitrogen and oxygen atoms in total. The van der Waals surface area contributed by atoms with Crippen LogP contribution in [0.1, 0.15) is 10.4 Å². The molecule has 0 fully saturated rings. The molecule has 5 N–H and O–H groups in total. The molecule has 0 bridgehead atoms. The second-order valence-corrected chi connectivity index (χ2v) is 7.55. The average Bonchev–Trinajstić information content (AvgIpc) is 3.27. The lowest BCUT2D eigenvalue weighted by Gasteiger charge is -2.08. The molecule has 0 saturated carbocycles. The predicted octanol–water partition coefficient (Wildman–Crippen LogP) is 4.35. The standard InChI is InChI=1S/C19H13Cl3N6O2/c20-10-5-13(21)17(14(22)6-10)28-16(29)7-15(27-28)12-8-24-26-18(12)25-19(30)9-2-1-3-11(23)4-9/h1-8,27H,23H2,(H2,24,25,26,30). The molecule has 4 rings (SSSR count). The van der Waals surface area contributed by atoms with Gasteiger partial charge in [-0.15, -0.1) is 0 Å². The van der Waals surface area contributed by atoms with E-state index in [1.165, 1.54) is 29.1 Å². The molecule has 0 radical (unpaired) electrons. The number of carbonyl (C=O) groups excluding carboxylic acids is 1. The van der Waals surface area contributed by atoms with Crippen molar-refractivity contribution >= 4 is 52.2 Å². The Kier molecular flexibility index (Phi) is 5.29. The third-order valence-corrected chi connectivity index (χ3v) is 5.04. The number of nitrogens with two attached hydrogens (primary N) is 1. The van der Waals surface area contributed by atoms with Gasteiger partial charge in [-0.3, -0.25) is 19.8 Å².